The van der Waals surface area contributed by atoms with Gasteiger partial charge in [-0.2, -0.15) is 5.10 Å². The Hall–Kier alpha value is -1.06. The van der Waals surface area contributed by atoms with Gasteiger partial charge in [-0.3, -0.25) is 0 Å². The van der Waals surface area contributed by atoms with Crippen molar-refractivity contribution in [2.75, 3.05) is 0 Å². The summed E-state index contributed by atoms with van der Waals surface area (Å²) in [6.07, 6.45) is 10.2. The number of rotatable bonds is 1. The van der Waals surface area contributed by atoms with Crippen LogP contribution < -0.4 is 11.2 Å². The van der Waals surface area contributed by atoms with Crippen LogP contribution in [0.4, 0.5) is 4.79 Å². The molecular formula is C12H21N3O. The van der Waals surface area contributed by atoms with Crippen molar-refractivity contribution in [2.24, 2.45) is 22.7 Å². The van der Waals surface area contributed by atoms with Gasteiger partial charge in [0.15, 0.2) is 0 Å². The number of hydrogen-bond acceptors (Lipinski definition) is 2. The average Bonchev–Trinajstić information content (AvgIpc) is 3.01. The average molecular weight is 223 g/mol. The first-order valence-electron chi connectivity index (χ1n) is 6.39. The van der Waals surface area contributed by atoms with Gasteiger partial charge in [-0.15, -0.1) is 0 Å². The van der Waals surface area contributed by atoms with Crippen LogP contribution in [0.3, 0.4) is 0 Å². The van der Waals surface area contributed by atoms with E-state index in [1.807, 2.05) is 0 Å². The molecule has 4 heteroatoms. The zero-order valence-corrected chi connectivity index (χ0v) is 9.74. The van der Waals surface area contributed by atoms with Crippen LogP contribution in [0, 0.1) is 11.8 Å². The molecule has 90 valence electrons. The highest BCUT2D eigenvalue weighted by Gasteiger charge is 2.40. The van der Waals surface area contributed by atoms with Crippen LogP contribution in [0.1, 0.15) is 51.4 Å². The number of nitrogens with zero attached hydrogens (tertiary/aromatic N) is 1. The van der Waals surface area contributed by atoms with Crippen molar-refractivity contribution < 1.29 is 4.79 Å². The maximum atomic E-state index is 10.6. The van der Waals surface area contributed by atoms with E-state index in [9.17, 15) is 4.79 Å². The molecule has 0 unspecified atom stereocenters. The first-order valence-corrected chi connectivity index (χ1v) is 6.39. The zero-order valence-electron chi connectivity index (χ0n) is 9.74. The third-order valence-electron chi connectivity index (χ3n) is 3.67. The molecule has 0 spiro atoms. The highest BCUT2D eigenvalue weighted by Crippen LogP contribution is 2.45. The van der Waals surface area contributed by atoms with E-state index in [2.05, 4.69) is 10.5 Å². The number of urea groups is 1. The number of nitrogens with two attached hydrogens (primary N) is 1. The van der Waals surface area contributed by atoms with Gasteiger partial charge >= 0.3 is 6.03 Å². The van der Waals surface area contributed by atoms with Crippen molar-refractivity contribution in [1.29, 1.82) is 0 Å². The van der Waals surface area contributed by atoms with Gasteiger partial charge in [0.2, 0.25) is 0 Å². The lowest BCUT2D eigenvalue weighted by Crippen LogP contribution is -2.26. The molecule has 0 radical (unpaired) electrons. The Kier molecular flexibility index (Phi) is 3.80. The molecule has 0 heterocycles. The molecule has 3 N–H and O–H groups in total. The molecule has 0 aromatic carbocycles. The molecule has 2 amide bonds. The molecule has 2 rings (SSSR count). The van der Waals surface area contributed by atoms with Crippen LogP contribution in [0.5, 0.6) is 0 Å². The molecule has 0 aliphatic heterocycles. The van der Waals surface area contributed by atoms with Crippen molar-refractivity contribution in [2.45, 2.75) is 51.4 Å². The summed E-state index contributed by atoms with van der Waals surface area (Å²) in [5.74, 6) is 1.46. The SMILES string of the molecule is NC(=O)N/N=C1\CCCCCCC[C@H]2C[C@H]12. The topological polar surface area (TPSA) is 67.5 Å². The Morgan fingerprint density at radius 1 is 1.25 bits per heavy atom. The van der Waals surface area contributed by atoms with Crippen LogP contribution in [-0.4, -0.2) is 11.7 Å². The van der Waals surface area contributed by atoms with Crippen molar-refractivity contribution in [3.63, 3.8) is 0 Å². The Labute approximate surface area is 96.7 Å². The van der Waals surface area contributed by atoms with E-state index >= 15 is 0 Å². The maximum absolute atomic E-state index is 10.6. The van der Waals surface area contributed by atoms with Crippen molar-refractivity contribution in [3.05, 3.63) is 0 Å². The third kappa shape index (κ3) is 3.22. The number of carbonyl (C=O) groups excluding carboxylic acids is 1. The quantitative estimate of drug-likeness (QED) is 0.658. The van der Waals surface area contributed by atoms with Gasteiger partial charge in [0, 0.05) is 11.6 Å². The Balaban J connectivity index is 1.92. The van der Waals surface area contributed by atoms with Crippen molar-refractivity contribution >= 4 is 11.7 Å². The minimum atomic E-state index is -0.554. The summed E-state index contributed by atoms with van der Waals surface area (Å²) in [7, 11) is 0. The van der Waals surface area contributed by atoms with Gasteiger partial charge in [0.25, 0.3) is 0 Å². The standard InChI is InChI=1S/C12H21N3O/c13-12(16)15-14-11-7-5-3-1-2-4-6-9-8-10(9)11/h9-10H,1-8H2,(H3,13,15,16)/b14-11+/t9-,10-/m0/s1. The molecule has 2 aliphatic carbocycles. The third-order valence-corrected chi connectivity index (χ3v) is 3.67. The first-order chi connectivity index (χ1) is 7.77. The lowest BCUT2D eigenvalue weighted by molar-refractivity contribution is 0.249. The monoisotopic (exact) mass is 223 g/mol. The fourth-order valence-electron chi connectivity index (χ4n) is 2.67. The summed E-state index contributed by atoms with van der Waals surface area (Å²) >= 11 is 0. The molecule has 0 aromatic heterocycles. The summed E-state index contributed by atoms with van der Waals surface area (Å²) in [4.78, 5) is 10.6. The summed E-state index contributed by atoms with van der Waals surface area (Å²) < 4.78 is 0. The largest absolute Gasteiger partial charge is 0.350 e. The Morgan fingerprint density at radius 2 is 2.00 bits per heavy atom. The second-order valence-corrected chi connectivity index (χ2v) is 4.99. The van der Waals surface area contributed by atoms with Gasteiger partial charge in [-0.25, -0.2) is 10.2 Å². The number of amides is 2. The second-order valence-electron chi connectivity index (χ2n) is 4.99. The molecule has 2 atom stereocenters. The van der Waals surface area contributed by atoms with Crippen molar-refractivity contribution in [3.8, 4) is 0 Å². The fraction of sp³-hybridized carbons (Fsp3) is 0.833. The highest BCUT2D eigenvalue weighted by molar-refractivity contribution is 5.90. The van der Waals surface area contributed by atoms with E-state index in [-0.39, 0.29) is 0 Å². The Morgan fingerprint density at radius 3 is 2.81 bits per heavy atom. The zero-order chi connectivity index (χ0) is 11.4. The minimum absolute atomic E-state index is 0.554. The highest BCUT2D eigenvalue weighted by atomic mass is 16.2. The van der Waals surface area contributed by atoms with Gasteiger partial charge in [-0.1, -0.05) is 25.7 Å². The number of fused-ring (bicyclic) bond motifs is 1. The van der Waals surface area contributed by atoms with Gasteiger partial charge in [0.1, 0.15) is 0 Å². The lowest BCUT2D eigenvalue weighted by Gasteiger charge is -2.09. The first kappa shape index (κ1) is 11.4. The number of hydrogen-bond donors (Lipinski definition) is 2. The van der Waals surface area contributed by atoms with Crippen LogP contribution in [0.2, 0.25) is 0 Å². The number of nitrogens with one attached hydrogen (secondary N) is 1. The number of hydrazone groups is 1. The minimum Gasteiger partial charge on any atom is -0.350 e. The molecule has 2 saturated carbocycles. The summed E-state index contributed by atoms with van der Waals surface area (Å²) in [6, 6.07) is -0.554. The molecule has 0 saturated heterocycles. The summed E-state index contributed by atoms with van der Waals surface area (Å²) in [5.41, 5.74) is 8.59. The summed E-state index contributed by atoms with van der Waals surface area (Å²) in [6.45, 7) is 0. The normalized spacial score (nSPS) is 32.9. The van der Waals surface area contributed by atoms with Crippen LogP contribution in [-0.2, 0) is 0 Å². The van der Waals surface area contributed by atoms with Gasteiger partial charge < -0.3 is 5.73 Å². The van der Waals surface area contributed by atoms with Crippen LogP contribution >= 0.6 is 0 Å². The number of carbonyl (C=O) groups is 1. The molecule has 2 aliphatic rings. The van der Waals surface area contributed by atoms with E-state index in [1.54, 1.807) is 0 Å². The number of primary amides is 1. The molecule has 4 nitrogen and oxygen atoms in total. The predicted octanol–water partition coefficient (Wildman–Crippen LogP) is 2.39. The van der Waals surface area contributed by atoms with E-state index in [0.29, 0.717) is 5.92 Å². The van der Waals surface area contributed by atoms with E-state index in [1.165, 1.54) is 50.7 Å². The summed E-state index contributed by atoms with van der Waals surface area (Å²) in [5, 5.41) is 4.17. The molecule has 2 fully saturated rings. The van der Waals surface area contributed by atoms with E-state index in [4.69, 9.17) is 5.73 Å². The molecular weight excluding hydrogens is 202 g/mol. The second kappa shape index (κ2) is 5.32. The van der Waals surface area contributed by atoms with E-state index < -0.39 is 6.03 Å². The fourth-order valence-corrected chi connectivity index (χ4v) is 2.67. The maximum Gasteiger partial charge on any atom is 0.332 e. The lowest BCUT2D eigenvalue weighted by atomic mass is 10.00. The van der Waals surface area contributed by atoms with Crippen LogP contribution in [0.15, 0.2) is 5.10 Å². The molecule has 16 heavy (non-hydrogen) atoms. The van der Waals surface area contributed by atoms with Crippen LogP contribution in [0.25, 0.3) is 0 Å². The predicted molar refractivity (Wildman–Crippen MR) is 64.1 cm³/mol. The Bertz CT molecular complexity index is 288. The van der Waals surface area contributed by atoms with E-state index in [0.717, 1.165) is 12.3 Å². The smallest absolute Gasteiger partial charge is 0.332 e. The molecule has 0 aromatic rings. The molecule has 0 bridgehead atoms. The van der Waals surface area contributed by atoms with Gasteiger partial charge in [-0.05, 0) is 31.6 Å². The van der Waals surface area contributed by atoms with Crippen molar-refractivity contribution in [1.82, 2.24) is 5.43 Å². The van der Waals surface area contributed by atoms with Gasteiger partial charge in [0.05, 0.1) is 0 Å².